The van der Waals surface area contributed by atoms with Crippen LogP contribution in [0.1, 0.15) is 48.8 Å². The predicted octanol–water partition coefficient (Wildman–Crippen LogP) is 1.54. The quantitative estimate of drug-likeness (QED) is 0.760. The molecule has 1 saturated carbocycles. The van der Waals surface area contributed by atoms with Crippen molar-refractivity contribution in [1.82, 2.24) is 15.3 Å². The van der Waals surface area contributed by atoms with E-state index < -0.39 is 0 Å². The number of nitrogens with one attached hydrogen (secondary N) is 2. The third-order valence-corrected chi connectivity index (χ3v) is 3.31. The zero-order chi connectivity index (χ0) is 9.54. The largest absolute Gasteiger partial charge is 0.345 e. The van der Waals surface area contributed by atoms with Crippen LogP contribution in [0.25, 0.3) is 0 Å². The van der Waals surface area contributed by atoms with Crippen LogP contribution in [0, 0.1) is 0 Å². The third kappa shape index (κ3) is 1.27. The molecule has 3 heteroatoms. The molecule has 2 N–H and O–H groups in total. The average Bonchev–Trinajstić information content (AvgIpc) is 2.85. The second-order valence-electron chi connectivity index (χ2n) is 4.47. The number of hydrogen-bond donors (Lipinski definition) is 2. The van der Waals surface area contributed by atoms with Gasteiger partial charge in [0.1, 0.15) is 5.82 Å². The number of aromatic amines is 1. The molecule has 0 aromatic carbocycles. The lowest BCUT2D eigenvalue weighted by Crippen LogP contribution is -2.40. The summed E-state index contributed by atoms with van der Waals surface area (Å²) in [6.45, 7) is 4.41. The van der Waals surface area contributed by atoms with Crippen molar-refractivity contribution in [3.8, 4) is 0 Å². The topological polar surface area (TPSA) is 40.7 Å². The second kappa shape index (κ2) is 3.09. The fourth-order valence-electron chi connectivity index (χ4n) is 2.08. The normalized spacial score (nSPS) is 22.4. The van der Waals surface area contributed by atoms with Crippen LogP contribution in [0.3, 0.4) is 0 Å². The summed E-state index contributed by atoms with van der Waals surface area (Å²) in [5.41, 5.74) is 2.75. The van der Waals surface area contributed by atoms with Crippen LogP contribution in [0.5, 0.6) is 0 Å². The van der Waals surface area contributed by atoms with Crippen LogP contribution in [-0.2, 0) is 6.42 Å². The molecule has 0 radical (unpaired) electrons. The number of nitrogens with zero attached hydrogens (tertiary/aromatic N) is 1. The van der Waals surface area contributed by atoms with Crippen molar-refractivity contribution in [3.05, 3.63) is 17.2 Å². The Morgan fingerprint density at radius 3 is 2.57 bits per heavy atom. The highest BCUT2D eigenvalue weighted by atomic mass is 15.0. The third-order valence-electron chi connectivity index (χ3n) is 3.31. The first-order chi connectivity index (χ1) is 6.88. The van der Waals surface area contributed by atoms with Crippen molar-refractivity contribution in [2.24, 2.45) is 0 Å². The Hall–Kier alpha value is -0.830. The monoisotopic (exact) mass is 191 g/mol. The summed E-state index contributed by atoms with van der Waals surface area (Å²) < 4.78 is 0. The van der Waals surface area contributed by atoms with Gasteiger partial charge in [0.15, 0.2) is 0 Å². The number of aryl methyl sites for hydroxylation is 1. The molecule has 2 heterocycles. The highest BCUT2D eigenvalue weighted by Gasteiger charge is 2.31. The van der Waals surface area contributed by atoms with E-state index in [0.717, 1.165) is 25.4 Å². The maximum Gasteiger partial charge on any atom is 0.112 e. The summed E-state index contributed by atoms with van der Waals surface area (Å²) >= 11 is 0. The Bertz CT molecular complexity index is 334. The number of H-pyrrole nitrogens is 1. The first kappa shape index (κ1) is 8.48. The van der Waals surface area contributed by atoms with Crippen molar-refractivity contribution < 1.29 is 0 Å². The highest BCUT2D eigenvalue weighted by molar-refractivity contribution is 5.25. The Labute approximate surface area is 84.3 Å². The van der Waals surface area contributed by atoms with Gasteiger partial charge in [-0.05, 0) is 19.3 Å². The Balaban J connectivity index is 1.89. The predicted molar refractivity (Wildman–Crippen MR) is 55.6 cm³/mol. The molecule has 3 nitrogen and oxygen atoms in total. The smallest absolute Gasteiger partial charge is 0.112 e. The van der Waals surface area contributed by atoms with E-state index in [2.05, 4.69) is 17.2 Å². The molecule has 76 valence electrons. The van der Waals surface area contributed by atoms with E-state index in [1.54, 1.807) is 0 Å². The van der Waals surface area contributed by atoms with Crippen LogP contribution in [0.2, 0.25) is 0 Å². The molecule has 1 aromatic rings. The van der Waals surface area contributed by atoms with Crippen LogP contribution in [-0.4, -0.2) is 23.1 Å². The molecule has 2 fully saturated rings. The van der Waals surface area contributed by atoms with E-state index in [0.29, 0.717) is 5.92 Å². The van der Waals surface area contributed by atoms with Crippen molar-refractivity contribution in [2.75, 3.05) is 13.1 Å². The molecule has 0 spiro atoms. The number of rotatable bonds is 3. The van der Waals surface area contributed by atoms with Gasteiger partial charge in [0.2, 0.25) is 0 Å². The van der Waals surface area contributed by atoms with Crippen molar-refractivity contribution >= 4 is 0 Å². The SMILES string of the molecule is CCc1[nH]c(C2CNC2)nc1C1CC1. The maximum atomic E-state index is 4.77. The number of aromatic nitrogens is 2. The van der Waals surface area contributed by atoms with E-state index >= 15 is 0 Å². The molecule has 0 bridgehead atoms. The van der Waals surface area contributed by atoms with Crippen molar-refractivity contribution in [2.45, 2.75) is 38.0 Å². The van der Waals surface area contributed by atoms with E-state index in [-0.39, 0.29) is 0 Å². The number of imidazole rings is 1. The van der Waals surface area contributed by atoms with Crippen LogP contribution >= 0.6 is 0 Å². The minimum atomic E-state index is 0.646. The van der Waals surface area contributed by atoms with Gasteiger partial charge in [0, 0.05) is 30.6 Å². The minimum absolute atomic E-state index is 0.646. The summed E-state index contributed by atoms with van der Waals surface area (Å²) in [6, 6.07) is 0. The first-order valence-corrected chi connectivity index (χ1v) is 5.68. The van der Waals surface area contributed by atoms with Gasteiger partial charge >= 0.3 is 0 Å². The lowest BCUT2D eigenvalue weighted by Gasteiger charge is -2.24. The zero-order valence-corrected chi connectivity index (χ0v) is 8.64. The van der Waals surface area contributed by atoms with Gasteiger partial charge in [0.05, 0.1) is 5.69 Å². The molecule has 1 saturated heterocycles. The Kier molecular flexibility index (Phi) is 1.87. The molecule has 2 aliphatic rings. The summed E-state index contributed by atoms with van der Waals surface area (Å²) in [5.74, 6) is 2.65. The molecule has 1 aromatic heterocycles. The number of hydrogen-bond acceptors (Lipinski definition) is 2. The molecule has 0 amide bonds. The Morgan fingerprint density at radius 2 is 2.07 bits per heavy atom. The molecular formula is C11H17N3. The van der Waals surface area contributed by atoms with Crippen LogP contribution in [0.4, 0.5) is 0 Å². The van der Waals surface area contributed by atoms with E-state index in [4.69, 9.17) is 4.98 Å². The van der Waals surface area contributed by atoms with E-state index in [9.17, 15) is 0 Å². The van der Waals surface area contributed by atoms with Gasteiger partial charge < -0.3 is 10.3 Å². The van der Waals surface area contributed by atoms with Gasteiger partial charge in [0.25, 0.3) is 0 Å². The van der Waals surface area contributed by atoms with Gasteiger partial charge in [-0.3, -0.25) is 0 Å². The molecular weight excluding hydrogens is 174 g/mol. The van der Waals surface area contributed by atoms with E-state index in [1.807, 2.05) is 0 Å². The van der Waals surface area contributed by atoms with Crippen molar-refractivity contribution in [3.63, 3.8) is 0 Å². The van der Waals surface area contributed by atoms with Gasteiger partial charge in [-0.15, -0.1) is 0 Å². The summed E-state index contributed by atoms with van der Waals surface area (Å²) in [6.07, 6.45) is 3.79. The lowest BCUT2D eigenvalue weighted by molar-refractivity contribution is 0.432. The molecule has 0 unspecified atom stereocenters. The first-order valence-electron chi connectivity index (χ1n) is 5.68. The summed E-state index contributed by atoms with van der Waals surface area (Å²) in [7, 11) is 0. The minimum Gasteiger partial charge on any atom is -0.345 e. The van der Waals surface area contributed by atoms with Gasteiger partial charge in [-0.2, -0.15) is 0 Å². The molecule has 1 aliphatic carbocycles. The maximum absolute atomic E-state index is 4.77. The fraction of sp³-hybridized carbons (Fsp3) is 0.727. The average molecular weight is 191 g/mol. The second-order valence-corrected chi connectivity index (χ2v) is 4.47. The molecule has 1 aliphatic heterocycles. The fourth-order valence-corrected chi connectivity index (χ4v) is 2.08. The zero-order valence-electron chi connectivity index (χ0n) is 8.64. The molecule has 0 atom stereocenters. The van der Waals surface area contributed by atoms with Gasteiger partial charge in [-0.1, -0.05) is 6.92 Å². The van der Waals surface area contributed by atoms with Crippen LogP contribution < -0.4 is 5.32 Å². The van der Waals surface area contributed by atoms with Crippen LogP contribution in [0.15, 0.2) is 0 Å². The molecule has 3 rings (SSSR count). The van der Waals surface area contributed by atoms with Gasteiger partial charge in [-0.25, -0.2) is 4.98 Å². The van der Waals surface area contributed by atoms with Crippen molar-refractivity contribution in [1.29, 1.82) is 0 Å². The lowest BCUT2D eigenvalue weighted by atomic mass is 10.0. The summed E-state index contributed by atoms with van der Waals surface area (Å²) in [4.78, 5) is 8.27. The Morgan fingerprint density at radius 1 is 1.29 bits per heavy atom. The van der Waals surface area contributed by atoms with E-state index in [1.165, 1.54) is 30.1 Å². The summed E-state index contributed by atoms with van der Waals surface area (Å²) in [5, 5.41) is 3.29. The standard InChI is InChI=1S/C11H17N3/c1-2-9-10(7-3-4-7)14-11(13-9)8-5-12-6-8/h7-8,12H,2-6H2,1H3,(H,13,14). The molecule has 14 heavy (non-hydrogen) atoms. The highest BCUT2D eigenvalue weighted by Crippen LogP contribution is 2.41.